The topological polar surface area (TPSA) is 142 Å². The van der Waals surface area contributed by atoms with E-state index >= 15 is 0 Å². The molecule has 1 amide bonds. The van der Waals surface area contributed by atoms with Gasteiger partial charge in [-0.2, -0.15) is 5.10 Å². The fraction of sp³-hybridized carbons (Fsp3) is 0.345. The van der Waals surface area contributed by atoms with Crippen molar-refractivity contribution in [3.8, 4) is 28.4 Å². The number of hydrogen-bond donors (Lipinski definition) is 2. The van der Waals surface area contributed by atoms with Gasteiger partial charge in [0.05, 0.1) is 61.0 Å². The molecule has 14 heteroatoms. The molecule has 7 rings (SSSR count). The summed E-state index contributed by atoms with van der Waals surface area (Å²) in [6.45, 7) is 5.62. The number of aromatic nitrogens is 6. The Labute approximate surface area is 246 Å². The van der Waals surface area contributed by atoms with E-state index in [4.69, 9.17) is 29.0 Å². The normalized spacial score (nSPS) is 15.1. The molecule has 14 nitrogen and oxygen atoms in total. The van der Waals surface area contributed by atoms with E-state index in [2.05, 4.69) is 25.6 Å². The first-order valence-electron chi connectivity index (χ1n) is 14.2. The minimum Gasteiger partial charge on any atom is -0.494 e. The summed E-state index contributed by atoms with van der Waals surface area (Å²) >= 11 is 0. The third-order valence-electron chi connectivity index (χ3n) is 7.48. The van der Waals surface area contributed by atoms with Crippen LogP contribution in [0, 0.1) is 0 Å². The summed E-state index contributed by atoms with van der Waals surface area (Å²) < 4.78 is 26.0. The average Bonchev–Trinajstić information content (AvgIpc) is 3.64. The second-order valence-corrected chi connectivity index (χ2v) is 10.2. The van der Waals surface area contributed by atoms with E-state index in [-0.39, 0.29) is 6.61 Å². The van der Waals surface area contributed by atoms with Crippen LogP contribution in [0.2, 0.25) is 0 Å². The largest absolute Gasteiger partial charge is 0.494 e. The maximum absolute atomic E-state index is 12.9. The van der Waals surface area contributed by atoms with Crippen LogP contribution in [0.15, 0.2) is 49.1 Å². The molecule has 0 unspecified atom stereocenters. The van der Waals surface area contributed by atoms with Gasteiger partial charge in [-0.1, -0.05) is 0 Å². The number of benzene rings is 1. The van der Waals surface area contributed by atoms with Crippen LogP contribution >= 0.6 is 0 Å². The summed E-state index contributed by atoms with van der Waals surface area (Å²) in [7, 11) is 1.60. The highest BCUT2D eigenvalue weighted by Gasteiger charge is 2.22. The molecule has 0 saturated carbocycles. The monoisotopic (exact) mass is 585 g/mol. The summed E-state index contributed by atoms with van der Waals surface area (Å²) in [5.74, 6) is 1.57. The Hall–Kier alpha value is -4.95. The van der Waals surface area contributed by atoms with Crippen molar-refractivity contribution in [2.75, 3.05) is 70.3 Å². The zero-order valence-corrected chi connectivity index (χ0v) is 23.7. The average molecular weight is 586 g/mol. The molecule has 4 aromatic heterocycles. The molecule has 2 aliphatic heterocycles. The molecular weight excluding hydrogens is 554 g/mol. The zero-order valence-electron chi connectivity index (χ0n) is 23.7. The molecule has 1 saturated heterocycles. The highest BCUT2D eigenvalue weighted by molar-refractivity contribution is 5.99. The standard InChI is InChI=1S/C29H31N9O5/c1-40-26-15-22-25(42-11-5-30-22)16-24(26)38-23-14-21(19-18-33-37-7-2-4-31-28(19)37)32-17-20(23)27(35-38)34-29(39)43-10-3-6-36-8-12-41-13-9-36/h2,4,7,14-18,30H,3,5-6,8-13H2,1H3,(H,34,35,39). The van der Waals surface area contributed by atoms with Crippen molar-refractivity contribution in [2.45, 2.75) is 6.42 Å². The van der Waals surface area contributed by atoms with Crippen molar-refractivity contribution in [3.05, 3.63) is 49.1 Å². The SMILES string of the molecule is COc1cc2c(cc1-n1nc(NC(=O)OCCCN3CCOCC3)c3cnc(-c4cnn5cccnc45)cc31)OCCN2. The maximum Gasteiger partial charge on any atom is 0.412 e. The van der Waals surface area contributed by atoms with Gasteiger partial charge in [0, 0.05) is 56.9 Å². The third-order valence-corrected chi connectivity index (χ3v) is 7.48. The lowest BCUT2D eigenvalue weighted by Crippen LogP contribution is -2.37. The van der Waals surface area contributed by atoms with Gasteiger partial charge in [-0.25, -0.2) is 19.0 Å². The Morgan fingerprint density at radius 1 is 1.14 bits per heavy atom. The molecule has 0 aliphatic carbocycles. The first-order valence-corrected chi connectivity index (χ1v) is 14.2. The number of morpholine rings is 1. The molecule has 0 radical (unpaired) electrons. The van der Waals surface area contributed by atoms with Crippen LogP contribution in [-0.4, -0.2) is 100 Å². The predicted molar refractivity (Wildman–Crippen MR) is 158 cm³/mol. The third kappa shape index (κ3) is 5.37. The van der Waals surface area contributed by atoms with Crippen molar-refractivity contribution in [1.29, 1.82) is 0 Å². The van der Waals surface area contributed by atoms with Crippen LogP contribution in [0.3, 0.4) is 0 Å². The number of pyridine rings is 1. The smallest absolute Gasteiger partial charge is 0.412 e. The van der Waals surface area contributed by atoms with Crippen LogP contribution in [0.1, 0.15) is 6.42 Å². The van der Waals surface area contributed by atoms with Crippen molar-refractivity contribution in [1.82, 2.24) is 34.3 Å². The second kappa shape index (κ2) is 11.7. The van der Waals surface area contributed by atoms with Crippen molar-refractivity contribution >= 4 is 34.1 Å². The Balaban J connectivity index is 1.22. The van der Waals surface area contributed by atoms with E-state index in [0.717, 1.165) is 50.5 Å². The van der Waals surface area contributed by atoms with E-state index < -0.39 is 6.09 Å². The van der Waals surface area contributed by atoms with Gasteiger partial charge < -0.3 is 24.3 Å². The first kappa shape index (κ1) is 26.9. The number of anilines is 2. The molecule has 2 N–H and O–H groups in total. The molecule has 1 fully saturated rings. The number of carbonyl (C=O) groups is 1. The van der Waals surface area contributed by atoms with E-state index in [1.54, 1.807) is 34.9 Å². The number of methoxy groups -OCH3 is 1. The van der Waals surface area contributed by atoms with E-state index in [1.807, 2.05) is 30.5 Å². The quantitative estimate of drug-likeness (QED) is 0.259. The van der Waals surface area contributed by atoms with Crippen LogP contribution in [0.25, 0.3) is 33.5 Å². The van der Waals surface area contributed by atoms with Gasteiger partial charge in [0.25, 0.3) is 0 Å². The fourth-order valence-corrected chi connectivity index (χ4v) is 5.33. The highest BCUT2D eigenvalue weighted by atomic mass is 16.5. The van der Waals surface area contributed by atoms with Gasteiger partial charge in [0.1, 0.15) is 23.8 Å². The summed E-state index contributed by atoms with van der Waals surface area (Å²) in [6, 6.07) is 7.46. The molecule has 6 heterocycles. The van der Waals surface area contributed by atoms with Crippen molar-refractivity contribution < 1.29 is 23.7 Å². The van der Waals surface area contributed by atoms with Gasteiger partial charge in [-0.15, -0.1) is 5.10 Å². The Morgan fingerprint density at radius 2 is 2.05 bits per heavy atom. The van der Waals surface area contributed by atoms with Crippen LogP contribution in [0.4, 0.5) is 16.3 Å². The van der Waals surface area contributed by atoms with Crippen LogP contribution in [-0.2, 0) is 9.47 Å². The predicted octanol–water partition coefficient (Wildman–Crippen LogP) is 3.21. The van der Waals surface area contributed by atoms with E-state index in [0.29, 0.717) is 58.4 Å². The second-order valence-electron chi connectivity index (χ2n) is 10.2. The summed E-state index contributed by atoms with van der Waals surface area (Å²) in [4.78, 5) is 24.3. The van der Waals surface area contributed by atoms with Crippen molar-refractivity contribution in [2.24, 2.45) is 0 Å². The van der Waals surface area contributed by atoms with Gasteiger partial charge in [0.15, 0.2) is 11.5 Å². The van der Waals surface area contributed by atoms with Gasteiger partial charge in [-0.05, 0) is 18.6 Å². The molecule has 1 aromatic carbocycles. The Morgan fingerprint density at radius 3 is 2.93 bits per heavy atom. The maximum atomic E-state index is 12.9. The molecular formula is C29H31N9O5. The lowest BCUT2D eigenvalue weighted by molar-refractivity contribution is 0.0348. The van der Waals surface area contributed by atoms with Crippen LogP contribution in [0.5, 0.6) is 11.5 Å². The number of fused-ring (bicyclic) bond motifs is 3. The number of nitrogens with zero attached hydrogens (tertiary/aromatic N) is 7. The number of carbonyl (C=O) groups excluding carboxylic acids is 1. The van der Waals surface area contributed by atoms with Gasteiger partial charge >= 0.3 is 6.09 Å². The molecule has 5 aromatic rings. The van der Waals surface area contributed by atoms with Gasteiger partial charge in [-0.3, -0.25) is 15.2 Å². The Kier molecular flexibility index (Phi) is 7.35. The highest BCUT2D eigenvalue weighted by Crippen LogP contribution is 2.39. The number of nitrogens with one attached hydrogen (secondary N) is 2. The minimum atomic E-state index is -0.589. The van der Waals surface area contributed by atoms with E-state index in [1.165, 1.54) is 0 Å². The summed E-state index contributed by atoms with van der Waals surface area (Å²) in [6.07, 6.45) is 7.08. The number of amides is 1. The summed E-state index contributed by atoms with van der Waals surface area (Å²) in [5, 5.41) is 16.0. The molecule has 2 aliphatic rings. The molecule has 0 atom stereocenters. The molecule has 0 bridgehead atoms. The molecule has 222 valence electrons. The molecule has 0 spiro atoms. The number of hydrogen-bond acceptors (Lipinski definition) is 11. The lowest BCUT2D eigenvalue weighted by atomic mass is 10.1. The number of ether oxygens (including phenoxy) is 4. The first-order chi connectivity index (χ1) is 21.2. The van der Waals surface area contributed by atoms with Crippen molar-refractivity contribution in [3.63, 3.8) is 0 Å². The van der Waals surface area contributed by atoms with Crippen LogP contribution < -0.4 is 20.1 Å². The van der Waals surface area contributed by atoms with E-state index in [9.17, 15) is 4.79 Å². The Bertz CT molecular complexity index is 1780. The summed E-state index contributed by atoms with van der Waals surface area (Å²) in [5.41, 5.74) is 4.23. The zero-order chi connectivity index (χ0) is 29.2. The molecule has 43 heavy (non-hydrogen) atoms. The fourth-order valence-electron chi connectivity index (χ4n) is 5.33. The minimum absolute atomic E-state index is 0.287. The number of rotatable bonds is 8. The lowest BCUT2D eigenvalue weighted by Gasteiger charge is -2.26. The van der Waals surface area contributed by atoms with Gasteiger partial charge in [0.2, 0.25) is 0 Å².